The van der Waals surface area contributed by atoms with Crippen molar-refractivity contribution >= 4 is 26.6 Å². The first-order valence-electron chi connectivity index (χ1n) is 10.0. The highest BCUT2D eigenvalue weighted by Gasteiger charge is 2.24. The van der Waals surface area contributed by atoms with Gasteiger partial charge in [0.1, 0.15) is 11.4 Å². The maximum absolute atomic E-state index is 14.1. The molecule has 4 nitrogen and oxygen atoms in total. The van der Waals surface area contributed by atoms with Crippen LogP contribution in [0, 0.1) is 12.7 Å². The number of hydrogen-bond donors (Lipinski definition) is 0. The van der Waals surface area contributed by atoms with Crippen molar-refractivity contribution in [1.29, 1.82) is 0 Å². The molecule has 164 valence electrons. The van der Waals surface area contributed by atoms with Crippen molar-refractivity contribution in [2.75, 3.05) is 6.26 Å². The Morgan fingerprint density at radius 3 is 2.29 bits per heavy atom. The van der Waals surface area contributed by atoms with E-state index in [0.717, 1.165) is 33.0 Å². The molecule has 0 saturated carbocycles. The Hall–Kier alpha value is -2.73. The van der Waals surface area contributed by atoms with Gasteiger partial charge in [0.25, 0.3) is 0 Å². The van der Waals surface area contributed by atoms with Crippen molar-refractivity contribution in [3.63, 3.8) is 0 Å². The molecule has 0 heterocycles. The van der Waals surface area contributed by atoms with Crippen LogP contribution in [0.2, 0.25) is 0 Å². The second kappa shape index (κ2) is 8.42. The largest absolute Gasteiger partial charge is 0.460 e. The lowest BCUT2D eigenvalue weighted by Gasteiger charge is -2.26. The quantitative estimate of drug-likeness (QED) is 0.495. The van der Waals surface area contributed by atoms with Crippen molar-refractivity contribution in [3.8, 4) is 0 Å². The second-order valence-corrected chi connectivity index (χ2v) is 10.6. The molecular weight excluding hydrogens is 415 g/mol. The zero-order valence-electron chi connectivity index (χ0n) is 18.5. The monoisotopic (exact) mass is 442 g/mol. The number of sulfone groups is 1. The van der Waals surface area contributed by atoms with Crippen LogP contribution in [0.25, 0.3) is 10.8 Å². The fourth-order valence-corrected chi connectivity index (χ4v) is 4.59. The number of esters is 1. The van der Waals surface area contributed by atoms with Crippen LogP contribution in [0.3, 0.4) is 0 Å². The molecule has 0 fully saturated rings. The minimum absolute atomic E-state index is 0.265. The fourth-order valence-electron chi connectivity index (χ4n) is 3.96. The molecule has 0 aliphatic carbocycles. The van der Waals surface area contributed by atoms with Crippen molar-refractivity contribution in [1.82, 2.24) is 0 Å². The van der Waals surface area contributed by atoms with E-state index in [1.807, 2.05) is 26.8 Å². The molecule has 3 rings (SSSR count). The van der Waals surface area contributed by atoms with Gasteiger partial charge in [0.2, 0.25) is 0 Å². The normalized spacial score (nSPS) is 12.2. The zero-order chi connectivity index (χ0) is 23.0. The van der Waals surface area contributed by atoms with Gasteiger partial charge in [0.05, 0.1) is 4.90 Å². The first kappa shape index (κ1) is 22.9. The van der Waals surface area contributed by atoms with E-state index in [-0.39, 0.29) is 16.7 Å². The van der Waals surface area contributed by atoms with E-state index >= 15 is 0 Å². The van der Waals surface area contributed by atoms with Gasteiger partial charge in [-0.25, -0.2) is 12.8 Å². The summed E-state index contributed by atoms with van der Waals surface area (Å²) in [5.74, 6) is -0.648. The Bertz CT molecular complexity index is 1240. The summed E-state index contributed by atoms with van der Waals surface area (Å²) in [5, 5.41) is 1.72. The van der Waals surface area contributed by atoms with Crippen LogP contribution in [0.15, 0.2) is 53.4 Å². The molecule has 3 aromatic rings. The minimum Gasteiger partial charge on any atom is -0.460 e. The van der Waals surface area contributed by atoms with Gasteiger partial charge < -0.3 is 4.74 Å². The first-order chi connectivity index (χ1) is 14.4. The molecule has 31 heavy (non-hydrogen) atoms. The van der Waals surface area contributed by atoms with E-state index in [2.05, 4.69) is 0 Å². The smallest absolute Gasteiger partial charge is 0.303 e. The van der Waals surface area contributed by atoms with E-state index in [1.54, 1.807) is 30.3 Å². The van der Waals surface area contributed by atoms with Crippen molar-refractivity contribution < 1.29 is 22.3 Å². The topological polar surface area (TPSA) is 60.4 Å². The average molecular weight is 443 g/mol. The molecule has 0 amide bonds. The summed E-state index contributed by atoms with van der Waals surface area (Å²) in [4.78, 5) is 11.7. The van der Waals surface area contributed by atoms with Crippen LogP contribution in [-0.2, 0) is 32.2 Å². The van der Waals surface area contributed by atoms with Gasteiger partial charge in [-0.2, -0.15) is 0 Å². The summed E-state index contributed by atoms with van der Waals surface area (Å²) in [6.07, 6.45) is 2.22. The van der Waals surface area contributed by atoms with Crippen molar-refractivity contribution in [2.45, 2.75) is 51.0 Å². The van der Waals surface area contributed by atoms with Crippen molar-refractivity contribution in [2.24, 2.45) is 0 Å². The molecule has 0 bridgehead atoms. The van der Waals surface area contributed by atoms with Crippen LogP contribution >= 0.6 is 0 Å². The van der Waals surface area contributed by atoms with E-state index in [0.29, 0.717) is 12.8 Å². The third-order valence-corrected chi connectivity index (χ3v) is 6.50. The van der Waals surface area contributed by atoms with Crippen LogP contribution in [0.1, 0.15) is 43.0 Å². The molecule has 0 atom stereocenters. The van der Waals surface area contributed by atoms with E-state index in [9.17, 15) is 17.6 Å². The maximum atomic E-state index is 14.1. The molecule has 0 saturated heterocycles. The Morgan fingerprint density at radius 2 is 1.71 bits per heavy atom. The van der Waals surface area contributed by atoms with E-state index < -0.39 is 15.4 Å². The maximum Gasteiger partial charge on any atom is 0.303 e. The Balaban J connectivity index is 2.09. The summed E-state index contributed by atoms with van der Waals surface area (Å²) in [6, 6.07) is 13.5. The third-order valence-electron chi connectivity index (χ3n) is 5.37. The van der Waals surface area contributed by atoms with Gasteiger partial charge in [-0.05, 0) is 84.5 Å². The molecule has 0 aliphatic heterocycles. The lowest BCUT2D eigenvalue weighted by atomic mass is 9.86. The lowest BCUT2D eigenvalue weighted by Crippen LogP contribution is -2.30. The summed E-state index contributed by atoms with van der Waals surface area (Å²) in [7, 11) is -3.27. The fraction of sp³-hybridized carbons (Fsp3) is 0.320. The van der Waals surface area contributed by atoms with Gasteiger partial charge >= 0.3 is 5.97 Å². The molecule has 3 aromatic carbocycles. The predicted octanol–water partition coefficient (Wildman–Crippen LogP) is 5.17. The summed E-state index contributed by atoms with van der Waals surface area (Å²) < 4.78 is 43.0. The second-order valence-electron chi connectivity index (χ2n) is 8.63. The number of carbonyl (C=O) groups excluding carboxylic acids is 1. The highest BCUT2D eigenvalue weighted by atomic mass is 32.2. The lowest BCUT2D eigenvalue weighted by molar-refractivity contribution is -0.153. The van der Waals surface area contributed by atoms with E-state index in [1.165, 1.54) is 25.3 Å². The number of rotatable bonds is 6. The SMILES string of the molecule is CC(=O)OC(C)(C)Cc1cc2ccc(F)cc2c(Cc2ccc(S(C)(=O)=O)cc2)c1C. The molecule has 0 spiro atoms. The average Bonchev–Trinajstić information content (AvgIpc) is 2.64. The molecule has 0 aliphatic rings. The Labute approximate surface area is 183 Å². The summed E-state index contributed by atoms with van der Waals surface area (Å²) in [5.41, 5.74) is 3.24. The number of fused-ring (bicyclic) bond motifs is 1. The molecule has 0 radical (unpaired) electrons. The highest BCUT2D eigenvalue weighted by molar-refractivity contribution is 7.90. The number of carbonyl (C=O) groups is 1. The first-order valence-corrected chi connectivity index (χ1v) is 11.9. The van der Waals surface area contributed by atoms with Crippen molar-refractivity contribution in [3.05, 3.63) is 76.6 Å². The van der Waals surface area contributed by atoms with Gasteiger partial charge in [0.15, 0.2) is 9.84 Å². The third kappa shape index (κ3) is 5.50. The van der Waals surface area contributed by atoms with Crippen LogP contribution in [-0.4, -0.2) is 26.2 Å². The van der Waals surface area contributed by atoms with Crippen LogP contribution in [0.5, 0.6) is 0 Å². The number of hydrogen-bond acceptors (Lipinski definition) is 4. The van der Waals surface area contributed by atoms with Gasteiger partial charge in [0, 0.05) is 19.6 Å². The molecule has 6 heteroatoms. The molecule has 0 unspecified atom stereocenters. The van der Waals surface area contributed by atoms with Gasteiger partial charge in [-0.3, -0.25) is 4.79 Å². The Kier molecular flexibility index (Phi) is 6.23. The van der Waals surface area contributed by atoms with Crippen LogP contribution in [0.4, 0.5) is 4.39 Å². The summed E-state index contributed by atoms with van der Waals surface area (Å²) >= 11 is 0. The highest BCUT2D eigenvalue weighted by Crippen LogP contribution is 2.31. The molecular formula is C25H27FO4S. The zero-order valence-corrected chi connectivity index (χ0v) is 19.3. The molecule has 0 aromatic heterocycles. The predicted molar refractivity (Wildman–Crippen MR) is 121 cm³/mol. The number of halogens is 1. The van der Waals surface area contributed by atoms with Gasteiger partial charge in [-0.1, -0.05) is 24.3 Å². The standard InChI is InChI=1S/C25H27FO4S/c1-16-20(15-25(3,4)30-17(2)27)13-19-8-9-21(26)14-24(19)23(16)12-18-6-10-22(11-7-18)31(5,28)29/h6-11,13-14H,12,15H2,1-5H3. The van der Waals surface area contributed by atoms with E-state index in [4.69, 9.17) is 4.74 Å². The Morgan fingerprint density at radius 1 is 1.06 bits per heavy atom. The number of benzene rings is 3. The van der Waals surface area contributed by atoms with Gasteiger partial charge in [-0.15, -0.1) is 0 Å². The minimum atomic E-state index is -3.27. The molecule has 0 N–H and O–H groups in total. The number of ether oxygens (including phenoxy) is 1. The summed E-state index contributed by atoms with van der Waals surface area (Å²) in [6.45, 7) is 7.12. The van der Waals surface area contributed by atoms with Crippen LogP contribution < -0.4 is 0 Å².